The normalized spacial score (nSPS) is 16.6. The number of non-ortho nitro benzene ring substituents is 1. The van der Waals surface area contributed by atoms with E-state index in [-0.39, 0.29) is 16.7 Å². The zero-order valence-corrected chi connectivity index (χ0v) is 14.1. The summed E-state index contributed by atoms with van der Waals surface area (Å²) in [6.45, 7) is 4.55. The number of rotatable bonds is 3. The lowest BCUT2D eigenvalue weighted by Crippen LogP contribution is -2.32. The Morgan fingerprint density at radius 3 is 2.92 bits per heavy atom. The molecule has 0 amide bonds. The lowest BCUT2D eigenvalue weighted by Gasteiger charge is -2.25. The molecule has 0 unspecified atom stereocenters. The maximum atomic E-state index is 11.1. The van der Waals surface area contributed by atoms with Crippen LogP contribution in [0.3, 0.4) is 0 Å². The maximum absolute atomic E-state index is 11.1. The third kappa shape index (κ3) is 2.90. The van der Waals surface area contributed by atoms with Gasteiger partial charge in [-0.2, -0.15) is 5.10 Å². The molecule has 0 spiro atoms. The molecular weight excluding hydrogens is 320 g/mol. The molecule has 0 radical (unpaired) electrons. The summed E-state index contributed by atoms with van der Waals surface area (Å²) in [6.07, 6.45) is 1.80. The molecule has 0 aliphatic carbocycles. The van der Waals surface area contributed by atoms with Crippen LogP contribution in [0.15, 0.2) is 24.3 Å². The van der Waals surface area contributed by atoms with Crippen molar-refractivity contribution in [3.8, 4) is 0 Å². The van der Waals surface area contributed by atoms with Crippen LogP contribution in [-0.2, 0) is 13.0 Å². The van der Waals surface area contributed by atoms with Crippen molar-refractivity contribution in [3.05, 3.63) is 51.7 Å². The Kier molecular flexibility index (Phi) is 3.60. The number of benzene rings is 1. The zero-order valence-electron chi connectivity index (χ0n) is 14.1. The quantitative estimate of drug-likeness (QED) is 0.582. The predicted molar refractivity (Wildman–Crippen MR) is 93.6 cm³/mol. The Morgan fingerprint density at radius 1 is 1.28 bits per heavy atom. The van der Waals surface area contributed by atoms with E-state index in [1.54, 1.807) is 12.1 Å². The van der Waals surface area contributed by atoms with Crippen molar-refractivity contribution < 1.29 is 4.92 Å². The number of aryl methyl sites for hydroxylation is 3. The molecule has 1 aliphatic rings. The van der Waals surface area contributed by atoms with E-state index in [9.17, 15) is 10.1 Å². The average molecular weight is 338 g/mol. The summed E-state index contributed by atoms with van der Waals surface area (Å²) >= 11 is 0. The second kappa shape index (κ2) is 5.80. The van der Waals surface area contributed by atoms with Crippen molar-refractivity contribution in [2.75, 3.05) is 5.32 Å². The first-order valence-corrected chi connectivity index (χ1v) is 8.22. The van der Waals surface area contributed by atoms with Gasteiger partial charge < -0.3 is 5.32 Å². The molecule has 0 bridgehead atoms. The van der Waals surface area contributed by atoms with Crippen molar-refractivity contribution in [1.82, 2.24) is 19.7 Å². The second-order valence-electron chi connectivity index (χ2n) is 6.41. The number of nitrogens with zero attached hydrogens (tertiary/aromatic N) is 5. The highest BCUT2D eigenvalue weighted by molar-refractivity contribution is 5.93. The van der Waals surface area contributed by atoms with Crippen LogP contribution in [0.2, 0.25) is 0 Å². The van der Waals surface area contributed by atoms with E-state index >= 15 is 0 Å². The van der Waals surface area contributed by atoms with Gasteiger partial charge >= 0.3 is 0 Å². The molecule has 0 saturated carbocycles. The van der Waals surface area contributed by atoms with Gasteiger partial charge in [-0.3, -0.25) is 15.1 Å². The summed E-state index contributed by atoms with van der Waals surface area (Å²) in [6, 6.07) is 6.90. The van der Waals surface area contributed by atoms with Crippen LogP contribution in [0.1, 0.15) is 23.8 Å². The number of hydrogen-bond acceptors (Lipinski definition) is 6. The molecular formula is C17H18N6O2. The Morgan fingerprint density at radius 2 is 2.12 bits per heavy atom. The van der Waals surface area contributed by atoms with Crippen molar-refractivity contribution in [2.45, 2.75) is 39.3 Å². The topological polar surface area (TPSA) is 98.8 Å². The Hall–Kier alpha value is -3.03. The average Bonchev–Trinajstić information content (AvgIpc) is 2.93. The van der Waals surface area contributed by atoms with Gasteiger partial charge in [0.2, 0.25) is 0 Å². The number of aromatic nitrogens is 4. The van der Waals surface area contributed by atoms with Gasteiger partial charge in [0.15, 0.2) is 0 Å². The first-order valence-electron chi connectivity index (χ1n) is 8.22. The van der Waals surface area contributed by atoms with E-state index in [2.05, 4.69) is 20.4 Å². The van der Waals surface area contributed by atoms with Crippen LogP contribution in [0.4, 0.5) is 11.4 Å². The van der Waals surface area contributed by atoms with Crippen LogP contribution >= 0.6 is 0 Å². The first kappa shape index (κ1) is 15.5. The number of anilines is 1. The number of pyridine rings is 1. The first-order chi connectivity index (χ1) is 12.0. The van der Waals surface area contributed by atoms with E-state index in [1.165, 1.54) is 6.07 Å². The molecule has 8 nitrogen and oxygen atoms in total. The van der Waals surface area contributed by atoms with E-state index in [0.717, 1.165) is 53.3 Å². The van der Waals surface area contributed by atoms with Crippen LogP contribution in [0.5, 0.6) is 0 Å². The summed E-state index contributed by atoms with van der Waals surface area (Å²) in [5, 5.41) is 19.8. The molecule has 0 saturated heterocycles. The van der Waals surface area contributed by atoms with Crippen molar-refractivity contribution in [2.24, 2.45) is 0 Å². The van der Waals surface area contributed by atoms with Crippen LogP contribution in [-0.4, -0.2) is 30.7 Å². The minimum atomic E-state index is -0.381. The van der Waals surface area contributed by atoms with Crippen LogP contribution in [0.25, 0.3) is 10.9 Å². The number of hydrogen-bond donors (Lipinski definition) is 1. The fourth-order valence-corrected chi connectivity index (χ4v) is 3.35. The molecule has 0 fully saturated rings. The number of nitro groups is 1. The maximum Gasteiger partial charge on any atom is 0.270 e. The summed E-state index contributed by atoms with van der Waals surface area (Å²) in [7, 11) is 0. The van der Waals surface area contributed by atoms with E-state index in [1.807, 2.05) is 24.6 Å². The Labute approximate surface area is 144 Å². The molecule has 2 aromatic heterocycles. The monoisotopic (exact) mass is 338 g/mol. The smallest absolute Gasteiger partial charge is 0.270 e. The van der Waals surface area contributed by atoms with Crippen LogP contribution in [0, 0.1) is 24.0 Å². The molecule has 3 aromatic rings. The van der Waals surface area contributed by atoms with Gasteiger partial charge in [0.05, 0.1) is 17.0 Å². The summed E-state index contributed by atoms with van der Waals surface area (Å²) in [5.74, 6) is 1.80. The fourth-order valence-electron chi connectivity index (χ4n) is 3.35. The number of nitrogens with one attached hydrogen (secondary N) is 1. The molecule has 3 heterocycles. The largest absolute Gasteiger partial charge is 0.380 e. The Bertz CT molecular complexity index is 981. The molecule has 1 aliphatic heterocycles. The second-order valence-corrected chi connectivity index (χ2v) is 6.41. The highest BCUT2D eigenvalue weighted by atomic mass is 16.6. The Balaban J connectivity index is 1.69. The zero-order chi connectivity index (χ0) is 17.6. The van der Waals surface area contributed by atoms with Gasteiger partial charge in [-0.15, -0.1) is 0 Å². The van der Waals surface area contributed by atoms with Gasteiger partial charge in [0.25, 0.3) is 5.69 Å². The summed E-state index contributed by atoms with van der Waals surface area (Å²) in [5.41, 5.74) is 2.56. The molecule has 4 rings (SSSR count). The van der Waals surface area contributed by atoms with Crippen molar-refractivity contribution >= 4 is 22.3 Å². The van der Waals surface area contributed by atoms with Gasteiger partial charge in [0.1, 0.15) is 11.6 Å². The van der Waals surface area contributed by atoms with Gasteiger partial charge in [-0.25, -0.2) is 9.67 Å². The van der Waals surface area contributed by atoms with Gasteiger partial charge in [-0.1, -0.05) is 0 Å². The predicted octanol–water partition coefficient (Wildman–Crippen LogP) is 2.78. The van der Waals surface area contributed by atoms with E-state index in [4.69, 9.17) is 0 Å². The minimum Gasteiger partial charge on any atom is -0.380 e. The molecule has 1 aromatic carbocycles. The van der Waals surface area contributed by atoms with Crippen molar-refractivity contribution in [3.63, 3.8) is 0 Å². The molecule has 1 N–H and O–H groups in total. The van der Waals surface area contributed by atoms with Crippen molar-refractivity contribution in [1.29, 1.82) is 0 Å². The van der Waals surface area contributed by atoms with Gasteiger partial charge in [0, 0.05) is 41.4 Å². The third-order valence-corrected chi connectivity index (χ3v) is 4.45. The molecule has 1 atom stereocenters. The standard InChI is InChI=1S/C17H18N6O2/c1-10-7-16(14-8-13(23(24)25)4-5-15(14)18-10)20-12-3-6-17-19-11(2)21-22(17)9-12/h4-5,7-8,12H,3,6,9H2,1-2H3,(H,18,20)/t12-/m0/s1. The summed E-state index contributed by atoms with van der Waals surface area (Å²) in [4.78, 5) is 19.6. The lowest BCUT2D eigenvalue weighted by atomic mass is 10.1. The van der Waals surface area contributed by atoms with E-state index < -0.39 is 0 Å². The fraction of sp³-hybridized carbons (Fsp3) is 0.353. The third-order valence-electron chi connectivity index (χ3n) is 4.45. The molecule has 8 heteroatoms. The number of nitro benzene ring substituents is 1. The highest BCUT2D eigenvalue weighted by Crippen LogP contribution is 2.29. The highest BCUT2D eigenvalue weighted by Gasteiger charge is 2.22. The molecule has 128 valence electrons. The lowest BCUT2D eigenvalue weighted by molar-refractivity contribution is -0.384. The van der Waals surface area contributed by atoms with Gasteiger partial charge in [-0.05, 0) is 32.4 Å². The van der Waals surface area contributed by atoms with E-state index in [0.29, 0.717) is 0 Å². The SMILES string of the molecule is Cc1cc(N[C@H]2CCc3nc(C)nn3C2)c2cc([N+](=O)[O-])ccc2n1. The minimum absolute atomic E-state index is 0.0686. The van der Waals surface area contributed by atoms with Crippen LogP contribution < -0.4 is 5.32 Å². The molecule has 25 heavy (non-hydrogen) atoms. The number of fused-ring (bicyclic) bond motifs is 2. The summed E-state index contributed by atoms with van der Waals surface area (Å²) < 4.78 is 1.94.